The van der Waals surface area contributed by atoms with Gasteiger partial charge >= 0.3 is 5.97 Å². The first-order valence-electron chi connectivity index (χ1n) is 23.8. The molecule has 0 heterocycles. The quantitative estimate of drug-likeness (QED) is 0.0326. The molecule has 2 atom stereocenters. The predicted molar refractivity (Wildman–Crippen MR) is 236 cm³/mol. The fourth-order valence-electron chi connectivity index (χ4n) is 6.91. The van der Waals surface area contributed by atoms with Crippen LogP contribution in [-0.2, 0) is 14.3 Å². The molecular weight excluding hydrogens is 683 g/mol. The first-order valence-corrected chi connectivity index (χ1v) is 23.8. The number of carbonyl (C=O) groups excluding carboxylic acids is 2. The fraction of sp³-hybridized carbons (Fsp3) is 0.837. The van der Waals surface area contributed by atoms with Gasteiger partial charge in [0.1, 0.15) is 0 Å². The lowest BCUT2D eigenvalue weighted by Gasteiger charge is -2.19. The highest BCUT2D eigenvalue weighted by Crippen LogP contribution is 2.13. The Balaban J connectivity index is 3.51. The van der Waals surface area contributed by atoms with Crippen LogP contribution in [0, 0.1) is 0 Å². The molecule has 3 N–H and O–H groups in total. The van der Waals surface area contributed by atoms with Crippen molar-refractivity contribution in [1.82, 2.24) is 5.32 Å². The maximum atomic E-state index is 12.3. The molecule has 0 aliphatic rings. The summed E-state index contributed by atoms with van der Waals surface area (Å²) in [7, 11) is 0. The van der Waals surface area contributed by atoms with E-state index in [1.54, 1.807) is 6.08 Å². The number of unbranched alkanes of at least 4 members (excludes halogenated alkanes) is 28. The van der Waals surface area contributed by atoms with Gasteiger partial charge in [0.15, 0.2) is 0 Å². The fourth-order valence-corrected chi connectivity index (χ4v) is 6.91. The molecule has 0 saturated heterocycles. The Bertz CT molecular complexity index is 900. The number of esters is 1. The largest absolute Gasteiger partial charge is 0.466 e. The summed E-state index contributed by atoms with van der Waals surface area (Å²) in [5, 5.41) is 22.8. The van der Waals surface area contributed by atoms with E-state index in [1.165, 1.54) is 141 Å². The summed E-state index contributed by atoms with van der Waals surface area (Å²) in [6, 6.07) is -0.646. The zero-order valence-electron chi connectivity index (χ0n) is 36.4. The predicted octanol–water partition coefficient (Wildman–Crippen LogP) is 13.7. The van der Waals surface area contributed by atoms with Crippen LogP contribution in [-0.4, -0.2) is 47.4 Å². The average Bonchev–Trinajstić information content (AvgIpc) is 3.18. The number of amides is 1. The van der Waals surface area contributed by atoms with Gasteiger partial charge in [0.25, 0.3) is 0 Å². The zero-order valence-corrected chi connectivity index (χ0v) is 36.4. The van der Waals surface area contributed by atoms with Crippen LogP contribution in [0.4, 0.5) is 0 Å². The number of nitrogens with one attached hydrogen (secondary N) is 1. The molecule has 6 heteroatoms. The molecule has 0 aromatic carbocycles. The SMILES string of the molecule is CCCCCCCCC/C=C\CCCCCCCC(=O)OCCCCCCCC/C=C\CCCCCC(=O)NC(CO)C(O)/C=C/CCCCCCCCC. The Morgan fingerprint density at radius 1 is 0.491 bits per heavy atom. The molecule has 2 unspecified atom stereocenters. The molecule has 55 heavy (non-hydrogen) atoms. The molecule has 0 aliphatic heterocycles. The van der Waals surface area contributed by atoms with Crippen LogP contribution in [0.25, 0.3) is 0 Å². The summed E-state index contributed by atoms with van der Waals surface area (Å²) < 4.78 is 5.45. The van der Waals surface area contributed by atoms with Crippen LogP contribution in [0.15, 0.2) is 36.5 Å². The molecule has 0 rings (SSSR count). The van der Waals surface area contributed by atoms with Gasteiger partial charge in [0, 0.05) is 12.8 Å². The van der Waals surface area contributed by atoms with E-state index >= 15 is 0 Å². The van der Waals surface area contributed by atoms with Crippen molar-refractivity contribution in [3.8, 4) is 0 Å². The van der Waals surface area contributed by atoms with Crippen LogP contribution < -0.4 is 5.32 Å². The molecule has 0 spiro atoms. The van der Waals surface area contributed by atoms with Crippen molar-refractivity contribution >= 4 is 11.9 Å². The van der Waals surface area contributed by atoms with Crippen LogP contribution in [0.2, 0.25) is 0 Å². The molecule has 1 amide bonds. The summed E-state index contributed by atoms with van der Waals surface area (Å²) in [5.41, 5.74) is 0. The van der Waals surface area contributed by atoms with Crippen LogP contribution >= 0.6 is 0 Å². The van der Waals surface area contributed by atoms with Crippen molar-refractivity contribution in [3.63, 3.8) is 0 Å². The summed E-state index contributed by atoms with van der Waals surface area (Å²) >= 11 is 0. The lowest BCUT2D eigenvalue weighted by molar-refractivity contribution is -0.143. The Hall–Kier alpha value is -1.92. The number of allylic oxidation sites excluding steroid dienone is 5. The Morgan fingerprint density at radius 3 is 1.31 bits per heavy atom. The molecule has 0 bridgehead atoms. The topological polar surface area (TPSA) is 95.9 Å². The number of ether oxygens (including phenoxy) is 1. The molecule has 0 aromatic rings. The van der Waals surface area contributed by atoms with E-state index in [1.807, 2.05) is 6.08 Å². The lowest BCUT2D eigenvalue weighted by atomic mass is 10.1. The first-order chi connectivity index (χ1) is 27.0. The van der Waals surface area contributed by atoms with Crippen LogP contribution in [0.1, 0.15) is 239 Å². The minimum Gasteiger partial charge on any atom is -0.466 e. The Kier molecular flexibility index (Phi) is 43.2. The lowest BCUT2D eigenvalue weighted by Crippen LogP contribution is -2.45. The van der Waals surface area contributed by atoms with Gasteiger partial charge in [-0.05, 0) is 83.5 Å². The highest BCUT2D eigenvalue weighted by Gasteiger charge is 2.18. The molecule has 0 aromatic heterocycles. The Labute approximate surface area is 341 Å². The normalized spacial score (nSPS) is 13.0. The maximum absolute atomic E-state index is 12.3. The molecule has 6 nitrogen and oxygen atoms in total. The van der Waals surface area contributed by atoms with Crippen molar-refractivity contribution in [1.29, 1.82) is 0 Å². The molecule has 0 fully saturated rings. The third-order valence-corrected chi connectivity index (χ3v) is 10.6. The number of aliphatic hydroxyl groups excluding tert-OH is 2. The van der Waals surface area contributed by atoms with E-state index in [4.69, 9.17) is 4.74 Å². The average molecular weight is 774 g/mol. The standard InChI is InChI=1S/C49H91NO5/c1-3-5-7-9-11-13-14-15-16-17-20-23-27-31-35-39-43-49(54)55-44-40-36-32-28-24-21-18-19-22-26-30-34-38-42-48(53)50-46(45-51)47(52)41-37-33-29-25-12-10-8-6-4-2/h16-17,19,22,37,41,46-47,51-52H,3-15,18,20-21,23-36,38-40,42-45H2,1-2H3,(H,50,53)/b17-16-,22-19-,41-37+. The third kappa shape index (κ3) is 41.5. The van der Waals surface area contributed by atoms with Gasteiger partial charge in [-0.1, -0.05) is 179 Å². The van der Waals surface area contributed by atoms with E-state index in [0.717, 1.165) is 70.6 Å². The molecule has 0 radical (unpaired) electrons. The van der Waals surface area contributed by atoms with Gasteiger partial charge < -0.3 is 20.3 Å². The molecular formula is C49H91NO5. The van der Waals surface area contributed by atoms with E-state index in [0.29, 0.717) is 19.4 Å². The van der Waals surface area contributed by atoms with Crippen molar-refractivity contribution < 1.29 is 24.5 Å². The van der Waals surface area contributed by atoms with Gasteiger partial charge in [0.05, 0.1) is 25.4 Å². The monoisotopic (exact) mass is 774 g/mol. The van der Waals surface area contributed by atoms with Crippen LogP contribution in [0.5, 0.6) is 0 Å². The van der Waals surface area contributed by atoms with Crippen molar-refractivity contribution in [2.45, 2.75) is 251 Å². The summed E-state index contributed by atoms with van der Waals surface area (Å²) in [5.74, 6) is -0.125. The van der Waals surface area contributed by atoms with Crippen molar-refractivity contribution in [2.24, 2.45) is 0 Å². The zero-order chi connectivity index (χ0) is 40.1. The van der Waals surface area contributed by atoms with Gasteiger partial charge in [-0.2, -0.15) is 0 Å². The molecule has 322 valence electrons. The number of aliphatic hydroxyl groups is 2. The number of rotatable bonds is 43. The van der Waals surface area contributed by atoms with E-state index in [-0.39, 0.29) is 18.5 Å². The van der Waals surface area contributed by atoms with Crippen LogP contribution in [0.3, 0.4) is 0 Å². The number of hydrogen-bond donors (Lipinski definition) is 3. The second-order valence-electron chi connectivity index (χ2n) is 16.1. The summed E-state index contributed by atoms with van der Waals surface area (Å²) in [6.07, 6.45) is 52.8. The molecule has 0 aliphatic carbocycles. The Morgan fingerprint density at radius 2 is 0.855 bits per heavy atom. The maximum Gasteiger partial charge on any atom is 0.305 e. The van der Waals surface area contributed by atoms with E-state index in [9.17, 15) is 19.8 Å². The van der Waals surface area contributed by atoms with E-state index < -0.39 is 12.1 Å². The highest BCUT2D eigenvalue weighted by molar-refractivity contribution is 5.76. The minimum atomic E-state index is -0.859. The molecule has 0 saturated carbocycles. The number of carbonyl (C=O) groups is 2. The van der Waals surface area contributed by atoms with Gasteiger partial charge in [0.2, 0.25) is 5.91 Å². The smallest absolute Gasteiger partial charge is 0.305 e. The second kappa shape index (κ2) is 44.8. The summed E-state index contributed by atoms with van der Waals surface area (Å²) in [6.45, 7) is 4.81. The minimum absolute atomic E-state index is 0.0228. The van der Waals surface area contributed by atoms with Crippen molar-refractivity contribution in [3.05, 3.63) is 36.5 Å². The third-order valence-electron chi connectivity index (χ3n) is 10.6. The summed E-state index contributed by atoms with van der Waals surface area (Å²) in [4.78, 5) is 24.3. The van der Waals surface area contributed by atoms with Gasteiger partial charge in [-0.3, -0.25) is 9.59 Å². The number of hydrogen-bond acceptors (Lipinski definition) is 5. The highest BCUT2D eigenvalue weighted by atomic mass is 16.5. The first kappa shape index (κ1) is 53.1. The van der Waals surface area contributed by atoms with Gasteiger partial charge in [-0.15, -0.1) is 0 Å². The second-order valence-corrected chi connectivity index (χ2v) is 16.1. The van der Waals surface area contributed by atoms with E-state index in [2.05, 4.69) is 43.5 Å². The van der Waals surface area contributed by atoms with Gasteiger partial charge in [-0.25, -0.2) is 0 Å². The van der Waals surface area contributed by atoms with Crippen molar-refractivity contribution in [2.75, 3.05) is 13.2 Å².